The average molecular weight is 283 g/mol. The lowest BCUT2D eigenvalue weighted by Crippen LogP contribution is -2.06. The number of fused-ring (bicyclic) bond motifs is 1. The zero-order valence-electron chi connectivity index (χ0n) is 13.0. The first-order valence-corrected chi connectivity index (χ1v) is 7.42. The van der Waals surface area contributed by atoms with Gasteiger partial charge in [-0.05, 0) is 30.7 Å². The summed E-state index contributed by atoms with van der Waals surface area (Å²) in [5, 5.41) is 3.18. The van der Waals surface area contributed by atoms with Crippen molar-refractivity contribution in [2.24, 2.45) is 0 Å². The van der Waals surface area contributed by atoms with Gasteiger partial charge in [0, 0.05) is 30.5 Å². The van der Waals surface area contributed by atoms with Crippen LogP contribution in [0.3, 0.4) is 0 Å². The van der Waals surface area contributed by atoms with Crippen molar-refractivity contribution in [2.75, 3.05) is 19.0 Å². The molecule has 0 bridgehead atoms. The molecule has 0 amide bonds. The Hall–Kier alpha value is -2.10. The first-order chi connectivity index (χ1) is 10.1. The Kier molecular flexibility index (Phi) is 3.53. The van der Waals surface area contributed by atoms with Crippen LogP contribution in [0.1, 0.15) is 36.7 Å². The van der Waals surface area contributed by atoms with Gasteiger partial charge in [0.05, 0.1) is 12.3 Å². The van der Waals surface area contributed by atoms with Crippen molar-refractivity contribution < 1.29 is 4.74 Å². The summed E-state index contributed by atoms with van der Waals surface area (Å²) in [5.41, 5.74) is 4.49. The van der Waals surface area contributed by atoms with Crippen LogP contribution < -0.4 is 10.1 Å². The van der Waals surface area contributed by atoms with Gasteiger partial charge in [0.2, 0.25) is 0 Å². The second-order valence-electron chi connectivity index (χ2n) is 5.73. The third-order valence-electron chi connectivity index (χ3n) is 3.88. The molecule has 0 saturated carbocycles. The summed E-state index contributed by atoms with van der Waals surface area (Å²) in [6, 6.07) is 6.33. The number of hydrogen-bond acceptors (Lipinski definition) is 4. The molecular formula is C17H21N3O. The van der Waals surface area contributed by atoms with Crippen molar-refractivity contribution >= 4 is 5.82 Å². The molecule has 0 fully saturated rings. The number of rotatable bonds is 3. The van der Waals surface area contributed by atoms with E-state index in [1.165, 1.54) is 5.56 Å². The third-order valence-corrected chi connectivity index (χ3v) is 3.88. The van der Waals surface area contributed by atoms with E-state index in [0.29, 0.717) is 5.92 Å². The van der Waals surface area contributed by atoms with Gasteiger partial charge >= 0.3 is 0 Å². The van der Waals surface area contributed by atoms with Crippen LogP contribution in [0.2, 0.25) is 0 Å². The van der Waals surface area contributed by atoms with Crippen molar-refractivity contribution in [1.29, 1.82) is 0 Å². The molecule has 21 heavy (non-hydrogen) atoms. The SMILES string of the molecule is CNc1nc(C(C)C)nc(-c2ccc3c(c2)CCO3)c1C. The Balaban J connectivity index is 2.14. The Bertz CT molecular complexity index is 680. The van der Waals surface area contributed by atoms with E-state index in [1.54, 1.807) is 0 Å². The van der Waals surface area contributed by atoms with Crippen molar-refractivity contribution in [3.05, 3.63) is 35.2 Å². The molecule has 2 aromatic rings. The van der Waals surface area contributed by atoms with Crippen molar-refractivity contribution in [3.63, 3.8) is 0 Å². The molecular weight excluding hydrogens is 262 g/mol. The third kappa shape index (κ3) is 2.46. The summed E-state index contributed by atoms with van der Waals surface area (Å²) >= 11 is 0. The maximum absolute atomic E-state index is 5.58. The van der Waals surface area contributed by atoms with Gasteiger partial charge in [-0.25, -0.2) is 9.97 Å². The summed E-state index contributed by atoms with van der Waals surface area (Å²) in [7, 11) is 1.90. The topological polar surface area (TPSA) is 47.0 Å². The number of anilines is 1. The van der Waals surface area contributed by atoms with Crippen molar-refractivity contribution in [1.82, 2.24) is 9.97 Å². The van der Waals surface area contributed by atoms with E-state index in [9.17, 15) is 0 Å². The minimum absolute atomic E-state index is 0.300. The lowest BCUT2D eigenvalue weighted by molar-refractivity contribution is 0.357. The van der Waals surface area contributed by atoms with E-state index in [-0.39, 0.29) is 0 Å². The standard InChI is InChI=1S/C17H21N3O/c1-10(2)16-19-15(11(3)17(18-4)20-16)13-5-6-14-12(9-13)7-8-21-14/h5-6,9-10H,7-8H2,1-4H3,(H,18,19,20). The largest absolute Gasteiger partial charge is 0.493 e. The summed E-state index contributed by atoms with van der Waals surface area (Å²) in [4.78, 5) is 9.39. The van der Waals surface area contributed by atoms with E-state index in [1.807, 2.05) is 13.1 Å². The smallest absolute Gasteiger partial charge is 0.133 e. The van der Waals surface area contributed by atoms with Crippen LogP contribution in [0.25, 0.3) is 11.3 Å². The van der Waals surface area contributed by atoms with Gasteiger partial charge in [-0.1, -0.05) is 13.8 Å². The number of aromatic nitrogens is 2. The van der Waals surface area contributed by atoms with E-state index in [2.05, 4.69) is 43.2 Å². The zero-order chi connectivity index (χ0) is 15.0. The number of ether oxygens (including phenoxy) is 1. The van der Waals surface area contributed by atoms with Gasteiger partial charge in [0.15, 0.2) is 0 Å². The predicted octanol–water partition coefficient (Wildman–Crippen LogP) is 3.55. The fourth-order valence-corrected chi connectivity index (χ4v) is 2.65. The minimum atomic E-state index is 0.300. The highest BCUT2D eigenvalue weighted by Crippen LogP contribution is 2.33. The number of nitrogens with zero attached hydrogens (tertiary/aromatic N) is 2. The Morgan fingerprint density at radius 1 is 1.24 bits per heavy atom. The highest BCUT2D eigenvalue weighted by atomic mass is 16.5. The molecule has 1 aromatic carbocycles. The quantitative estimate of drug-likeness (QED) is 0.935. The van der Waals surface area contributed by atoms with Crippen LogP contribution in [0.15, 0.2) is 18.2 Å². The molecule has 0 saturated heterocycles. The molecule has 2 heterocycles. The average Bonchev–Trinajstić information content (AvgIpc) is 2.94. The van der Waals surface area contributed by atoms with Gasteiger partial charge in [-0.3, -0.25) is 0 Å². The maximum Gasteiger partial charge on any atom is 0.133 e. The molecule has 0 atom stereocenters. The summed E-state index contributed by atoms with van der Waals surface area (Å²) < 4.78 is 5.58. The number of benzene rings is 1. The number of hydrogen-bond donors (Lipinski definition) is 1. The molecule has 0 aliphatic carbocycles. The van der Waals surface area contributed by atoms with Gasteiger partial charge in [-0.2, -0.15) is 0 Å². The van der Waals surface area contributed by atoms with Crippen LogP contribution in [-0.4, -0.2) is 23.6 Å². The van der Waals surface area contributed by atoms with Crippen molar-refractivity contribution in [2.45, 2.75) is 33.1 Å². The van der Waals surface area contributed by atoms with Gasteiger partial charge in [0.25, 0.3) is 0 Å². The molecule has 0 spiro atoms. The van der Waals surface area contributed by atoms with Gasteiger partial charge in [0.1, 0.15) is 17.4 Å². The monoisotopic (exact) mass is 283 g/mol. The van der Waals surface area contributed by atoms with Crippen LogP contribution in [-0.2, 0) is 6.42 Å². The number of nitrogens with one attached hydrogen (secondary N) is 1. The Morgan fingerprint density at radius 3 is 2.76 bits per heavy atom. The molecule has 1 aliphatic heterocycles. The Labute approximate surface area is 125 Å². The van der Waals surface area contributed by atoms with E-state index in [4.69, 9.17) is 9.72 Å². The molecule has 4 heteroatoms. The molecule has 0 unspecified atom stereocenters. The van der Waals surface area contributed by atoms with E-state index < -0.39 is 0 Å². The van der Waals surface area contributed by atoms with Crippen LogP contribution in [0.4, 0.5) is 5.82 Å². The second kappa shape index (κ2) is 5.35. The highest BCUT2D eigenvalue weighted by Gasteiger charge is 2.17. The highest BCUT2D eigenvalue weighted by molar-refractivity contribution is 5.70. The summed E-state index contributed by atoms with van der Waals surface area (Å²) in [6.07, 6.45) is 0.975. The van der Waals surface area contributed by atoms with E-state index in [0.717, 1.165) is 47.2 Å². The normalized spacial score (nSPS) is 13.2. The van der Waals surface area contributed by atoms with Gasteiger partial charge < -0.3 is 10.1 Å². The molecule has 4 nitrogen and oxygen atoms in total. The maximum atomic E-state index is 5.58. The first kappa shape index (κ1) is 13.9. The molecule has 1 aliphatic rings. The van der Waals surface area contributed by atoms with E-state index >= 15 is 0 Å². The zero-order valence-corrected chi connectivity index (χ0v) is 13.0. The Morgan fingerprint density at radius 2 is 2.05 bits per heavy atom. The fourth-order valence-electron chi connectivity index (χ4n) is 2.65. The van der Waals surface area contributed by atoms with Crippen LogP contribution in [0, 0.1) is 6.92 Å². The fraction of sp³-hybridized carbons (Fsp3) is 0.412. The molecule has 1 N–H and O–H groups in total. The predicted molar refractivity (Wildman–Crippen MR) is 85.0 cm³/mol. The molecule has 110 valence electrons. The first-order valence-electron chi connectivity index (χ1n) is 7.42. The molecule has 0 radical (unpaired) electrons. The molecule has 3 rings (SSSR count). The van der Waals surface area contributed by atoms with Crippen LogP contribution >= 0.6 is 0 Å². The van der Waals surface area contributed by atoms with Crippen molar-refractivity contribution in [3.8, 4) is 17.0 Å². The summed E-state index contributed by atoms with van der Waals surface area (Å²) in [5.74, 6) is 3.08. The second-order valence-corrected chi connectivity index (χ2v) is 5.73. The molecule has 1 aromatic heterocycles. The minimum Gasteiger partial charge on any atom is -0.493 e. The lowest BCUT2D eigenvalue weighted by atomic mass is 10.0. The summed E-state index contributed by atoms with van der Waals surface area (Å²) in [6.45, 7) is 7.07. The van der Waals surface area contributed by atoms with Crippen LogP contribution in [0.5, 0.6) is 5.75 Å². The van der Waals surface area contributed by atoms with Gasteiger partial charge in [-0.15, -0.1) is 0 Å². The lowest BCUT2D eigenvalue weighted by Gasteiger charge is -2.14.